The van der Waals surface area contributed by atoms with Gasteiger partial charge in [0, 0.05) is 17.8 Å². The van der Waals surface area contributed by atoms with Gasteiger partial charge in [0.15, 0.2) is 4.34 Å². The minimum atomic E-state index is 0.203. The molecule has 0 saturated carbocycles. The Morgan fingerprint density at radius 3 is 2.54 bits per heavy atom. The lowest BCUT2D eigenvalue weighted by Crippen LogP contribution is -2.48. The number of carbonyl (C=O) groups is 1. The molecule has 5 nitrogen and oxygen atoms in total. The number of para-hydroxylation sites is 1. The monoisotopic (exact) mass is 390 g/mol. The van der Waals surface area contributed by atoms with Crippen LogP contribution in [-0.4, -0.2) is 38.8 Å². The van der Waals surface area contributed by atoms with Crippen molar-refractivity contribution in [3.63, 3.8) is 0 Å². The van der Waals surface area contributed by atoms with E-state index in [1.54, 1.807) is 0 Å². The van der Waals surface area contributed by atoms with E-state index in [2.05, 4.69) is 55.3 Å². The molecule has 0 spiro atoms. The molecular formula is C19H26N4OS2. The first kappa shape index (κ1) is 19.2. The predicted octanol–water partition coefficient (Wildman–Crippen LogP) is 4.78. The molecule has 0 radical (unpaired) electrons. The van der Waals surface area contributed by atoms with Crippen LogP contribution in [0.5, 0.6) is 0 Å². The zero-order chi connectivity index (χ0) is 18.7. The average molecular weight is 391 g/mol. The lowest BCUT2D eigenvalue weighted by atomic mass is 9.98. The summed E-state index contributed by atoms with van der Waals surface area (Å²) in [7, 11) is 0. The van der Waals surface area contributed by atoms with Crippen LogP contribution in [0, 0.1) is 13.8 Å². The summed E-state index contributed by atoms with van der Waals surface area (Å²) >= 11 is 2.97. The second-order valence-electron chi connectivity index (χ2n) is 6.98. The number of likely N-dealkylation sites (tertiary alicyclic amines) is 1. The normalized spacial score (nSPS) is 20.2. The number of benzene rings is 1. The molecule has 1 aliphatic rings. The molecule has 1 aliphatic heterocycles. The van der Waals surface area contributed by atoms with Gasteiger partial charge in [0.2, 0.25) is 11.0 Å². The maximum absolute atomic E-state index is 12.6. The van der Waals surface area contributed by atoms with Gasteiger partial charge in [-0.1, -0.05) is 41.3 Å². The number of hydrogen-bond donors (Lipinski definition) is 1. The molecule has 2 unspecified atom stereocenters. The van der Waals surface area contributed by atoms with Gasteiger partial charge in [-0.15, -0.1) is 10.2 Å². The molecule has 0 bridgehead atoms. The molecule has 2 heterocycles. The number of aryl methyl sites for hydroxylation is 2. The summed E-state index contributed by atoms with van der Waals surface area (Å²) in [6, 6.07) is 6.87. The van der Waals surface area contributed by atoms with E-state index >= 15 is 0 Å². The van der Waals surface area contributed by atoms with Crippen LogP contribution in [0.25, 0.3) is 0 Å². The van der Waals surface area contributed by atoms with Gasteiger partial charge in [0.05, 0.1) is 5.75 Å². The van der Waals surface area contributed by atoms with Crippen molar-refractivity contribution in [1.29, 1.82) is 0 Å². The minimum Gasteiger partial charge on any atom is -0.337 e. The molecule has 1 N–H and O–H groups in total. The molecule has 1 aromatic carbocycles. The number of nitrogens with zero attached hydrogens (tertiary/aromatic N) is 3. The molecule has 0 aliphatic carbocycles. The standard InChI is InChI=1S/C19H26N4OS2/c1-12-7-5-8-13(2)17(12)20-18-21-22-19(26-18)25-11-16(24)23-14(3)9-6-10-15(23)4/h5,7-8,14-15H,6,9-11H2,1-4H3,(H,20,21). The van der Waals surface area contributed by atoms with Crippen LogP contribution in [0.15, 0.2) is 22.5 Å². The topological polar surface area (TPSA) is 58.1 Å². The Bertz CT molecular complexity index is 746. The maximum Gasteiger partial charge on any atom is 0.233 e. The quantitative estimate of drug-likeness (QED) is 0.745. The van der Waals surface area contributed by atoms with E-state index in [-0.39, 0.29) is 5.91 Å². The Kier molecular flexibility index (Phi) is 6.19. The minimum absolute atomic E-state index is 0.203. The molecule has 1 fully saturated rings. The summed E-state index contributed by atoms with van der Waals surface area (Å²) in [6.45, 7) is 8.45. The van der Waals surface area contributed by atoms with Crippen LogP contribution >= 0.6 is 23.1 Å². The van der Waals surface area contributed by atoms with E-state index in [1.165, 1.54) is 40.6 Å². The van der Waals surface area contributed by atoms with Crippen molar-refractivity contribution in [2.24, 2.45) is 0 Å². The highest BCUT2D eigenvalue weighted by Crippen LogP contribution is 2.31. The number of rotatable bonds is 5. The number of anilines is 2. The fourth-order valence-corrected chi connectivity index (χ4v) is 5.17. The smallest absolute Gasteiger partial charge is 0.233 e. The molecule has 7 heteroatoms. The SMILES string of the molecule is Cc1cccc(C)c1Nc1nnc(SCC(=O)N2C(C)CCCC2C)s1. The number of carbonyl (C=O) groups excluding carboxylic acids is 1. The molecule has 1 amide bonds. The van der Waals surface area contributed by atoms with Gasteiger partial charge in [0.1, 0.15) is 0 Å². The molecule has 1 aromatic heterocycles. The van der Waals surface area contributed by atoms with Gasteiger partial charge in [-0.3, -0.25) is 4.79 Å². The summed E-state index contributed by atoms with van der Waals surface area (Å²) in [4.78, 5) is 14.7. The van der Waals surface area contributed by atoms with Crippen LogP contribution < -0.4 is 5.32 Å². The Morgan fingerprint density at radius 1 is 1.23 bits per heavy atom. The fourth-order valence-electron chi connectivity index (χ4n) is 3.55. The molecule has 3 rings (SSSR count). The second-order valence-corrected chi connectivity index (χ2v) is 9.18. The van der Waals surface area contributed by atoms with Crippen molar-refractivity contribution >= 4 is 39.8 Å². The van der Waals surface area contributed by atoms with Crippen molar-refractivity contribution in [2.45, 2.75) is 63.4 Å². The molecule has 2 aromatic rings. The zero-order valence-corrected chi connectivity index (χ0v) is 17.4. The van der Waals surface area contributed by atoms with Crippen LogP contribution in [0.4, 0.5) is 10.8 Å². The first-order chi connectivity index (χ1) is 12.5. The summed E-state index contributed by atoms with van der Waals surface area (Å²) in [5.41, 5.74) is 3.43. The number of nitrogens with one attached hydrogen (secondary N) is 1. The average Bonchev–Trinajstić information content (AvgIpc) is 3.04. The van der Waals surface area contributed by atoms with Crippen molar-refractivity contribution in [2.75, 3.05) is 11.1 Å². The number of hydrogen-bond acceptors (Lipinski definition) is 6. The van der Waals surface area contributed by atoms with Gasteiger partial charge in [-0.05, 0) is 58.1 Å². The van der Waals surface area contributed by atoms with Gasteiger partial charge < -0.3 is 10.2 Å². The third-order valence-electron chi connectivity index (χ3n) is 4.92. The van der Waals surface area contributed by atoms with Crippen LogP contribution in [0.3, 0.4) is 0 Å². The first-order valence-corrected chi connectivity index (χ1v) is 10.9. The van der Waals surface area contributed by atoms with Crippen LogP contribution in [0.1, 0.15) is 44.2 Å². The maximum atomic E-state index is 12.6. The molecule has 140 valence electrons. The van der Waals surface area contributed by atoms with E-state index in [1.807, 2.05) is 11.0 Å². The zero-order valence-electron chi connectivity index (χ0n) is 15.8. The van der Waals surface area contributed by atoms with Crippen LogP contribution in [-0.2, 0) is 4.79 Å². The summed E-state index contributed by atoms with van der Waals surface area (Å²) in [5.74, 6) is 0.626. The highest BCUT2D eigenvalue weighted by Gasteiger charge is 2.28. The number of thioether (sulfide) groups is 1. The van der Waals surface area contributed by atoms with Gasteiger partial charge in [-0.25, -0.2) is 0 Å². The largest absolute Gasteiger partial charge is 0.337 e. The van der Waals surface area contributed by atoms with E-state index in [9.17, 15) is 4.79 Å². The first-order valence-electron chi connectivity index (χ1n) is 9.06. The van der Waals surface area contributed by atoms with Crippen molar-refractivity contribution < 1.29 is 4.79 Å². The number of amides is 1. The third-order valence-corrected chi connectivity index (χ3v) is 6.88. The summed E-state index contributed by atoms with van der Waals surface area (Å²) in [5, 5.41) is 12.6. The van der Waals surface area contributed by atoms with Gasteiger partial charge in [0.25, 0.3) is 0 Å². The lowest BCUT2D eigenvalue weighted by molar-refractivity contribution is -0.134. The summed E-state index contributed by atoms with van der Waals surface area (Å²) in [6.07, 6.45) is 3.41. The molecule has 2 atom stereocenters. The predicted molar refractivity (Wildman–Crippen MR) is 109 cm³/mol. The highest BCUT2D eigenvalue weighted by atomic mass is 32.2. The van der Waals surface area contributed by atoms with E-state index in [0.717, 1.165) is 28.0 Å². The Labute approximate surface area is 163 Å². The molecule has 1 saturated heterocycles. The van der Waals surface area contributed by atoms with Crippen molar-refractivity contribution in [3.05, 3.63) is 29.3 Å². The van der Waals surface area contributed by atoms with Gasteiger partial charge in [-0.2, -0.15) is 0 Å². The second kappa shape index (κ2) is 8.39. The van der Waals surface area contributed by atoms with Gasteiger partial charge >= 0.3 is 0 Å². The fraction of sp³-hybridized carbons (Fsp3) is 0.526. The van der Waals surface area contributed by atoms with Crippen molar-refractivity contribution in [1.82, 2.24) is 15.1 Å². The number of aromatic nitrogens is 2. The van der Waals surface area contributed by atoms with E-state index < -0.39 is 0 Å². The molecule has 26 heavy (non-hydrogen) atoms. The van der Waals surface area contributed by atoms with Crippen LogP contribution in [0.2, 0.25) is 0 Å². The molecular weight excluding hydrogens is 364 g/mol. The lowest BCUT2D eigenvalue weighted by Gasteiger charge is -2.39. The van der Waals surface area contributed by atoms with Crippen molar-refractivity contribution in [3.8, 4) is 0 Å². The number of piperidine rings is 1. The summed E-state index contributed by atoms with van der Waals surface area (Å²) < 4.78 is 0.824. The Hall–Kier alpha value is -1.60. The van der Waals surface area contributed by atoms with E-state index in [0.29, 0.717) is 17.8 Å². The highest BCUT2D eigenvalue weighted by molar-refractivity contribution is 8.01. The Balaban J connectivity index is 1.59. The Morgan fingerprint density at radius 2 is 1.88 bits per heavy atom. The third kappa shape index (κ3) is 4.38. The van der Waals surface area contributed by atoms with E-state index in [4.69, 9.17) is 0 Å².